The number of sulfonamides is 3. The van der Waals surface area contributed by atoms with Gasteiger partial charge in [0.15, 0.2) is 0 Å². The molecular weight excluding hydrogens is 372 g/mol. The molecule has 128 valence electrons. The lowest BCUT2D eigenvalue weighted by atomic mass is 10.7. The average molecular weight is 388 g/mol. The third kappa shape index (κ3) is 7.48. The van der Waals surface area contributed by atoms with Crippen molar-refractivity contribution in [2.45, 2.75) is 0 Å². The van der Waals surface area contributed by atoms with Crippen LogP contribution >= 0.6 is 0 Å². The smallest absolute Gasteiger partial charge is 0.264 e. The van der Waals surface area contributed by atoms with E-state index >= 15 is 0 Å². The molecule has 0 aliphatic heterocycles. The lowest BCUT2D eigenvalue weighted by Gasteiger charge is -2.28. The molecule has 0 aromatic heterocycles. The van der Waals surface area contributed by atoms with Crippen molar-refractivity contribution in [2.24, 2.45) is 0 Å². The van der Waals surface area contributed by atoms with Gasteiger partial charge in [0.25, 0.3) is 10.1 Å². The van der Waals surface area contributed by atoms with Crippen LogP contribution in [0.5, 0.6) is 0 Å². The third-order valence-electron chi connectivity index (χ3n) is 1.71. The van der Waals surface area contributed by atoms with Gasteiger partial charge in [-0.15, -0.1) is 4.41 Å². The van der Waals surface area contributed by atoms with E-state index in [1.807, 2.05) is 0 Å². The second-order valence-electron chi connectivity index (χ2n) is 4.04. The molecule has 0 amide bonds. The van der Waals surface area contributed by atoms with E-state index in [1.165, 1.54) is 0 Å². The molecule has 0 saturated heterocycles. The van der Waals surface area contributed by atoms with Crippen LogP contribution < -0.4 is 0 Å². The molecule has 0 aliphatic rings. The quantitative estimate of drug-likeness (QED) is 0.321. The number of hydrogen-bond donors (Lipinski definition) is 0. The molecule has 0 heterocycles. The monoisotopic (exact) mass is 388 g/mol. The normalized spacial score (nSPS) is 14.8. The summed E-state index contributed by atoms with van der Waals surface area (Å²) in [6.07, 6.45) is 2.24. The molecule has 0 fully saturated rings. The Balaban J connectivity index is 5.72. The van der Waals surface area contributed by atoms with E-state index in [0.29, 0.717) is 25.0 Å². The zero-order valence-corrected chi connectivity index (χ0v) is 14.9. The van der Waals surface area contributed by atoms with Gasteiger partial charge in [0.2, 0.25) is 30.1 Å². The molecule has 15 heteroatoms. The van der Waals surface area contributed by atoms with E-state index in [1.54, 1.807) is 0 Å². The summed E-state index contributed by atoms with van der Waals surface area (Å²) in [7, 11) is -17.2. The topological polar surface area (TPSA) is 152 Å². The van der Waals surface area contributed by atoms with Crippen LogP contribution in [0.3, 0.4) is 0 Å². The van der Waals surface area contributed by atoms with Gasteiger partial charge in [-0.3, -0.25) is 4.18 Å². The Morgan fingerprint density at radius 3 is 1.33 bits per heavy atom. The first-order valence-corrected chi connectivity index (χ1v) is 12.3. The summed E-state index contributed by atoms with van der Waals surface area (Å²) in [5.74, 6) is 0. The molecule has 0 aromatic carbocycles. The fourth-order valence-corrected chi connectivity index (χ4v) is 6.48. The fraction of sp³-hybridized carbons (Fsp3) is 1.00. The van der Waals surface area contributed by atoms with E-state index in [2.05, 4.69) is 4.18 Å². The molecule has 0 radical (unpaired) electrons. The van der Waals surface area contributed by atoms with Crippen molar-refractivity contribution in [2.75, 3.05) is 38.2 Å². The molecular formula is C6H16N2O9S4. The predicted octanol–water partition coefficient (Wildman–Crippen LogP) is -2.64. The summed E-state index contributed by atoms with van der Waals surface area (Å²) in [6.45, 7) is -1.58. The molecule has 11 nitrogen and oxygen atoms in total. The number of nitrogens with zero attached hydrogens (tertiary/aromatic N) is 2. The summed E-state index contributed by atoms with van der Waals surface area (Å²) in [4.78, 5) is 0. The summed E-state index contributed by atoms with van der Waals surface area (Å²) in [5, 5.41) is 0. The maximum Gasteiger partial charge on any atom is 0.264 e. The van der Waals surface area contributed by atoms with E-state index in [-0.39, 0.29) is 8.23 Å². The van der Waals surface area contributed by atoms with Gasteiger partial charge < -0.3 is 0 Å². The molecule has 0 atom stereocenters. The zero-order chi connectivity index (χ0) is 17.3. The van der Waals surface area contributed by atoms with Gasteiger partial charge in [0.05, 0.1) is 38.2 Å². The second-order valence-corrected chi connectivity index (χ2v) is 11.4. The van der Waals surface area contributed by atoms with Crippen LogP contribution in [0.2, 0.25) is 0 Å². The predicted molar refractivity (Wildman–Crippen MR) is 73.9 cm³/mol. The van der Waals surface area contributed by atoms with Crippen LogP contribution in [0.15, 0.2) is 0 Å². The molecule has 0 saturated carbocycles. The molecule has 0 unspecified atom stereocenters. The van der Waals surface area contributed by atoms with E-state index in [9.17, 15) is 33.7 Å². The van der Waals surface area contributed by atoms with Crippen LogP contribution in [-0.4, -0.2) is 80.1 Å². The Morgan fingerprint density at radius 1 is 0.714 bits per heavy atom. The largest absolute Gasteiger partial charge is 0.269 e. The highest BCUT2D eigenvalue weighted by atomic mass is 32.3. The minimum absolute atomic E-state index is 0.00282. The first-order valence-electron chi connectivity index (χ1n) is 4.99. The summed E-state index contributed by atoms with van der Waals surface area (Å²) < 4.78 is 94.7. The van der Waals surface area contributed by atoms with Gasteiger partial charge in [-0.25, -0.2) is 25.3 Å². The van der Waals surface area contributed by atoms with Crippen molar-refractivity contribution in [3.63, 3.8) is 0 Å². The second kappa shape index (κ2) is 6.43. The van der Waals surface area contributed by atoms with Gasteiger partial charge in [-0.2, -0.15) is 8.42 Å². The molecule has 0 rings (SSSR count). The highest BCUT2D eigenvalue weighted by Gasteiger charge is 2.38. The minimum Gasteiger partial charge on any atom is -0.269 e. The maximum atomic E-state index is 11.6. The molecule has 0 bridgehead atoms. The van der Waals surface area contributed by atoms with Gasteiger partial charge in [0.1, 0.15) is 0 Å². The maximum absolute atomic E-state index is 11.6. The van der Waals surface area contributed by atoms with Gasteiger partial charge in [-0.1, -0.05) is 0 Å². The van der Waals surface area contributed by atoms with Gasteiger partial charge in [0, 0.05) is 0 Å². The van der Waals surface area contributed by atoms with Gasteiger partial charge in [-0.05, 0) is 3.82 Å². The van der Waals surface area contributed by atoms with Crippen molar-refractivity contribution >= 4 is 40.2 Å². The average Bonchev–Trinajstić information content (AvgIpc) is 2.07. The molecule has 0 aliphatic carbocycles. The molecule has 0 aromatic rings. The van der Waals surface area contributed by atoms with Crippen molar-refractivity contribution in [1.82, 2.24) is 8.23 Å². The van der Waals surface area contributed by atoms with Gasteiger partial charge >= 0.3 is 0 Å². The molecule has 21 heavy (non-hydrogen) atoms. The first kappa shape index (κ1) is 20.7. The minimum atomic E-state index is -4.48. The number of rotatable bonds is 8. The Kier molecular flexibility index (Phi) is 6.33. The number of hydrogen-bond acceptors (Lipinski definition) is 9. The van der Waals surface area contributed by atoms with E-state index in [4.69, 9.17) is 0 Å². The van der Waals surface area contributed by atoms with Crippen molar-refractivity contribution in [3.05, 3.63) is 0 Å². The fourth-order valence-electron chi connectivity index (χ4n) is 1.21. The van der Waals surface area contributed by atoms with Crippen LogP contribution in [0, 0.1) is 0 Å². The van der Waals surface area contributed by atoms with Crippen LogP contribution in [0.4, 0.5) is 0 Å². The number of hydrazine groups is 1. The third-order valence-corrected chi connectivity index (χ3v) is 6.78. The molecule has 0 spiro atoms. The van der Waals surface area contributed by atoms with Crippen molar-refractivity contribution in [1.29, 1.82) is 0 Å². The van der Waals surface area contributed by atoms with Crippen molar-refractivity contribution in [3.8, 4) is 0 Å². The Labute approximate surface area is 124 Å². The lowest BCUT2D eigenvalue weighted by Crippen LogP contribution is -2.52. The highest BCUT2D eigenvalue weighted by molar-refractivity contribution is 8.04. The van der Waals surface area contributed by atoms with Crippen molar-refractivity contribution < 1.29 is 37.9 Å². The summed E-state index contributed by atoms with van der Waals surface area (Å²) in [6, 6.07) is 0. The SMILES string of the molecule is CS(=O)(=O)OCCN(N(S(C)(=O)=O)S(C)(=O)=O)S(C)(=O)=O. The highest BCUT2D eigenvalue weighted by Crippen LogP contribution is 2.14. The lowest BCUT2D eigenvalue weighted by molar-refractivity contribution is 0.209. The zero-order valence-electron chi connectivity index (χ0n) is 11.6. The van der Waals surface area contributed by atoms with Crippen LogP contribution in [0.25, 0.3) is 0 Å². The standard InChI is InChI=1S/C6H16N2O9S4/c1-18(9,10)7(5-6-17-21(4,15)16)8(19(2,11)12)20(3,13)14/h5-6H2,1-4H3. The Bertz CT molecular complexity index is 745. The molecule has 0 N–H and O–H groups in total. The first-order chi connectivity index (χ1) is 8.96. The summed E-state index contributed by atoms with van der Waals surface area (Å²) >= 11 is 0. The summed E-state index contributed by atoms with van der Waals surface area (Å²) in [5.41, 5.74) is 0. The Morgan fingerprint density at radius 2 is 1.10 bits per heavy atom. The van der Waals surface area contributed by atoms with Crippen LogP contribution in [0.1, 0.15) is 0 Å². The van der Waals surface area contributed by atoms with E-state index in [0.717, 1.165) is 0 Å². The van der Waals surface area contributed by atoms with E-state index < -0.39 is 53.3 Å². The van der Waals surface area contributed by atoms with Crippen LogP contribution in [-0.2, 0) is 44.4 Å². The Hall–Kier alpha value is -0.320.